The van der Waals surface area contributed by atoms with Crippen molar-refractivity contribution in [2.45, 2.75) is 38.4 Å². The maximum absolute atomic E-state index is 12.0. The fourth-order valence-electron chi connectivity index (χ4n) is 1.79. The first-order valence-electron chi connectivity index (χ1n) is 6.44. The lowest BCUT2D eigenvalue weighted by Crippen LogP contribution is -2.17. The Hall–Kier alpha value is -1.43. The lowest BCUT2D eigenvalue weighted by atomic mass is 10.1. The second kappa shape index (κ2) is 7.38. The van der Waals surface area contributed by atoms with Crippen LogP contribution in [0.4, 0.5) is 13.2 Å². The van der Waals surface area contributed by atoms with E-state index in [0.717, 1.165) is 5.56 Å². The van der Waals surface area contributed by atoms with Crippen molar-refractivity contribution in [3.05, 3.63) is 23.8 Å². The van der Waals surface area contributed by atoms with E-state index >= 15 is 0 Å². The van der Waals surface area contributed by atoms with E-state index in [1.165, 1.54) is 7.11 Å². The van der Waals surface area contributed by atoms with Gasteiger partial charge < -0.3 is 15.2 Å². The molecule has 0 saturated carbocycles. The second-order valence-corrected chi connectivity index (χ2v) is 4.73. The molecule has 0 amide bonds. The molecule has 0 spiro atoms. The van der Waals surface area contributed by atoms with Gasteiger partial charge in [-0.1, -0.05) is 6.07 Å². The quantitative estimate of drug-likeness (QED) is 0.784. The molecule has 1 aromatic rings. The van der Waals surface area contributed by atoms with Gasteiger partial charge in [-0.3, -0.25) is 0 Å². The molecule has 6 heteroatoms. The number of alkyl halides is 3. The van der Waals surface area contributed by atoms with Crippen LogP contribution in [0.2, 0.25) is 0 Å². The zero-order chi connectivity index (χ0) is 15.2. The Labute approximate surface area is 116 Å². The van der Waals surface area contributed by atoms with Crippen molar-refractivity contribution < 1.29 is 22.6 Å². The molecule has 0 saturated heterocycles. The SMILES string of the molecule is COc1ccc(CC(C)N)cc1OCCCC(F)(F)F. The number of nitrogens with two attached hydrogens (primary N) is 1. The van der Waals surface area contributed by atoms with Gasteiger partial charge in [0.25, 0.3) is 0 Å². The van der Waals surface area contributed by atoms with Crippen LogP contribution in [-0.2, 0) is 6.42 Å². The van der Waals surface area contributed by atoms with Crippen molar-refractivity contribution in [1.29, 1.82) is 0 Å². The number of hydrogen-bond acceptors (Lipinski definition) is 3. The zero-order valence-electron chi connectivity index (χ0n) is 11.7. The van der Waals surface area contributed by atoms with E-state index in [4.69, 9.17) is 15.2 Å². The van der Waals surface area contributed by atoms with Gasteiger partial charge in [0.2, 0.25) is 0 Å². The summed E-state index contributed by atoms with van der Waals surface area (Å²) in [5.41, 5.74) is 6.68. The van der Waals surface area contributed by atoms with Gasteiger partial charge in [0, 0.05) is 12.5 Å². The first-order chi connectivity index (χ1) is 9.31. The fraction of sp³-hybridized carbons (Fsp3) is 0.571. The Balaban J connectivity index is 2.61. The molecule has 0 heterocycles. The third-order valence-electron chi connectivity index (χ3n) is 2.65. The van der Waals surface area contributed by atoms with Crippen molar-refractivity contribution in [3.63, 3.8) is 0 Å². The van der Waals surface area contributed by atoms with Crippen LogP contribution in [0.3, 0.4) is 0 Å². The molecule has 0 aliphatic carbocycles. The van der Waals surface area contributed by atoms with E-state index in [-0.39, 0.29) is 19.1 Å². The van der Waals surface area contributed by atoms with Gasteiger partial charge in [0.1, 0.15) is 0 Å². The Kier molecular flexibility index (Phi) is 6.13. The van der Waals surface area contributed by atoms with Crippen molar-refractivity contribution in [2.75, 3.05) is 13.7 Å². The number of rotatable bonds is 7. The first kappa shape index (κ1) is 16.6. The highest BCUT2D eigenvalue weighted by atomic mass is 19.4. The summed E-state index contributed by atoms with van der Waals surface area (Å²) in [5, 5.41) is 0. The predicted octanol–water partition coefficient (Wildman–Crippen LogP) is 3.31. The van der Waals surface area contributed by atoms with Crippen LogP contribution in [0.5, 0.6) is 11.5 Å². The smallest absolute Gasteiger partial charge is 0.389 e. The van der Waals surface area contributed by atoms with E-state index < -0.39 is 12.6 Å². The van der Waals surface area contributed by atoms with Gasteiger partial charge >= 0.3 is 6.18 Å². The average Bonchev–Trinajstić information content (AvgIpc) is 2.33. The summed E-state index contributed by atoms with van der Waals surface area (Å²) in [6.45, 7) is 1.88. The summed E-state index contributed by atoms with van der Waals surface area (Å²) < 4.78 is 46.6. The molecule has 0 aliphatic heterocycles. The Bertz CT molecular complexity index is 419. The largest absolute Gasteiger partial charge is 0.493 e. The third kappa shape index (κ3) is 6.14. The molecule has 0 aromatic heterocycles. The maximum atomic E-state index is 12.0. The van der Waals surface area contributed by atoms with Gasteiger partial charge in [-0.25, -0.2) is 0 Å². The molecular weight excluding hydrogens is 271 g/mol. The normalized spacial score (nSPS) is 13.1. The van der Waals surface area contributed by atoms with Crippen LogP contribution in [0.1, 0.15) is 25.3 Å². The van der Waals surface area contributed by atoms with E-state index in [1.807, 2.05) is 13.0 Å². The Morgan fingerprint density at radius 3 is 2.50 bits per heavy atom. The molecule has 2 N–H and O–H groups in total. The van der Waals surface area contributed by atoms with E-state index in [0.29, 0.717) is 17.9 Å². The highest BCUT2D eigenvalue weighted by Crippen LogP contribution is 2.29. The summed E-state index contributed by atoms with van der Waals surface area (Å²) in [7, 11) is 1.49. The maximum Gasteiger partial charge on any atom is 0.389 e. The van der Waals surface area contributed by atoms with Crippen LogP contribution in [0, 0.1) is 0 Å². The van der Waals surface area contributed by atoms with E-state index in [2.05, 4.69) is 0 Å². The summed E-state index contributed by atoms with van der Waals surface area (Å²) in [6.07, 6.45) is -4.41. The monoisotopic (exact) mass is 291 g/mol. The Morgan fingerprint density at radius 2 is 1.95 bits per heavy atom. The lowest BCUT2D eigenvalue weighted by molar-refractivity contribution is -0.136. The summed E-state index contributed by atoms with van der Waals surface area (Å²) in [4.78, 5) is 0. The van der Waals surface area contributed by atoms with Crippen LogP contribution in [-0.4, -0.2) is 25.9 Å². The third-order valence-corrected chi connectivity index (χ3v) is 2.65. The van der Waals surface area contributed by atoms with Crippen LogP contribution in [0.25, 0.3) is 0 Å². The molecular formula is C14H20F3NO2. The minimum Gasteiger partial charge on any atom is -0.493 e. The van der Waals surface area contributed by atoms with Crippen molar-refractivity contribution in [3.8, 4) is 11.5 Å². The van der Waals surface area contributed by atoms with Gasteiger partial charge in [-0.2, -0.15) is 13.2 Å². The van der Waals surface area contributed by atoms with Gasteiger partial charge in [0.15, 0.2) is 11.5 Å². The summed E-state index contributed by atoms with van der Waals surface area (Å²) in [5.74, 6) is 0.957. The molecule has 0 radical (unpaired) electrons. The molecule has 0 bridgehead atoms. The Morgan fingerprint density at radius 1 is 1.25 bits per heavy atom. The minimum absolute atomic E-state index is 0.00137. The van der Waals surface area contributed by atoms with Crippen LogP contribution < -0.4 is 15.2 Å². The number of benzene rings is 1. The van der Waals surface area contributed by atoms with Crippen molar-refractivity contribution in [1.82, 2.24) is 0 Å². The van der Waals surface area contributed by atoms with Crippen LogP contribution in [0.15, 0.2) is 18.2 Å². The molecule has 3 nitrogen and oxygen atoms in total. The molecule has 20 heavy (non-hydrogen) atoms. The van der Waals surface area contributed by atoms with Crippen molar-refractivity contribution in [2.24, 2.45) is 5.73 Å². The molecule has 1 aromatic carbocycles. The number of ether oxygens (including phenoxy) is 2. The van der Waals surface area contributed by atoms with Gasteiger partial charge in [0.05, 0.1) is 13.7 Å². The molecule has 1 rings (SSSR count). The first-order valence-corrected chi connectivity index (χ1v) is 6.44. The molecule has 1 atom stereocenters. The number of methoxy groups -OCH3 is 1. The highest BCUT2D eigenvalue weighted by Gasteiger charge is 2.26. The number of halogens is 3. The van der Waals surface area contributed by atoms with Crippen LogP contribution >= 0.6 is 0 Å². The van der Waals surface area contributed by atoms with Crippen molar-refractivity contribution >= 4 is 0 Å². The fourth-order valence-corrected chi connectivity index (χ4v) is 1.79. The summed E-state index contributed by atoms with van der Waals surface area (Å²) in [6, 6.07) is 5.36. The van der Waals surface area contributed by atoms with E-state index in [9.17, 15) is 13.2 Å². The number of hydrogen-bond donors (Lipinski definition) is 1. The standard InChI is InChI=1S/C14H20F3NO2/c1-10(18)8-11-4-5-12(19-2)13(9-11)20-7-3-6-14(15,16)17/h4-5,9-10H,3,6-8,18H2,1-2H3. The lowest BCUT2D eigenvalue weighted by Gasteiger charge is -2.13. The van der Waals surface area contributed by atoms with Gasteiger partial charge in [-0.15, -0.1) is 0 Å². The second-order valence-electron chi connectivity index (χ2n) is 4.73. The van der Waals surface area contributed by atoms with E-state index in [1.54, 1.807) is 12.1 Å². The zero-order valence-corrected chi connectivity index (χ0v) is 11.7. The highest BCUT2D eigenvalue weighted by molar-refractivity contribution is 5.43. The molecule has 0 fully saturated rings. The van der Waals surface area contributed by atoms with Gasteiger partial charge in [-0.05, 0) is 37.5 Å². The topological polar surface area (TPSA) is 44.5 Å². The molecule has 1 unspecified atom stereocenters. The predicted molar refractivity (Wildman–Crippen MR) is 71.1 cm³/mol. The molecule has 0 aliphatic rings. The minimum atomic E-state index is -4.15. The summed E-state index contributed by atoms with van der Waals surface area (Å²) >= 11 is 0. The average molecular weight is 291 g/mol. The molecule has 114 valence electrons.